The van der Waals surface area contributed by atoms with E-state index in [1.54, 1.807) is 0 Å². The van der Waals surface area contributed by atoms with Gasteiger partial charge in [-0.25, -0.2) is 0 Å². The molecule has 2 aliphatic rings. The molecule has 19 heavy (non-hydrogen) atoms. The fourth-order valence-electron chi connectivity index (χ4n) is 3.12. The molecule has 4 heteroatoms. The summed E-state index contributed by atoms with van der Waals surface area (Å²) in [5, 5.41) is 3.43. The van der Waals surface area contributed by atoms with Crippen molar-refractivity contribution in [1.29, 1.82) is 0 Å². The van der Waals surface area contributed by atoms with Gasteiger partial charge >= 0.3 is 0 Å². The highest BCUT2D eigenvalue weighted by atomic mass is 16.5. The largest absolute Gasteiger partial charge is 0.380 e. The zero-order chi connectivity index (χ0) is 13.6. The predicted molar refractivity (Wildman–Crippen MR) is 79.6 cm³/mol. The summed E-state index contributed by atoms with van der Waals surface area (Å²) in [4.78, 5) is 6.83. The summed E-state index contributed by atoms with van der Waals surface area (Å²) in [6, 6.07) is 0. The number of aliphatic imine (C=N–C) groups is 1. The lowest BCUT2D eigenvalue weighted by molar-refractivity contribution is 0.134. The van der Waals surface area contributed by atoms with Crippen LogP contribution in [0.5, 0.6) is 0 Å². The quantitative estimate of drug-likeness (QED) is 0.455. The van der Waals surface area contributed by atoms with Crippen molar-refractivity contribution >= 4 is 5.96 Å². The average molecular weight is 267 g/mol. The standard InChI is InChI=1S/C15H29N3O/c1-3-4-11-19-12-9-17-14(16-2)18-10-8-15(13-18)6-5-7-15/h3-13H2,1-2H3,(H,16,17). The molecule has 1 heterocycles. The first kappa shape index (κ1) is 14.6. The number of rotatable bonds is 6. The van der Waals surface area contributed by atoms with Crippen LogP contribution in [0.4, 0.5) is 0 Å². The third kappa shape index (κ3) is 3.85. The Morgan fingerprint density at radius 1 is 1.32 bits per heavy atom. The summed E-state index contributed by atoms with van der Waals surface area (Å²) in [5.74, 6) is 1.06. The molecule has 0 unspecified atom stereocenters. The van der Waals surface area contributed by atoms with E-state index in [9.17, 15) is 0 Å². The fourth-order valence-corrected chi connectivity index (χ4v) is 3.12. The van der Waals surface area contributed by atoms with Crippen LogP contribution < -0.4 is 5.32 Å². The number of hydrogen-bond donors (Lipinski definition) is 1. The Morgan fingerprint density at radius 2 is 2.16 bits per heavy atom. The van der Waals surface area contributed by atoms with Gasteiger partial charge in [-0.3, -0.25) is 4.99 Å². The molecule has 1 saturated carbocycles. The van der Waals surface area contributed by atoms with Crippen LogP contribution in [0.1, 0.15) is 45.4 Å². The summed E-state index contributed by atoms with van der Waals surface area (Å²) in [6.07, 6.45) is 7.96. The Bertz CT molecular complexity index is 300. The van der Waals surface area contributed by atoms with Gasteiger partial charge in [0.05, 0.1) is 6.61 Å². The van der Waals surface area contributed by atoms with Crippen molar-refractivity contribution in [3.05, 3.63) is 0 Å². The van der Waals surface area contributed by atoms with Crippen LogP contribution in [0.3, 0.4) is 0 Å². The molecule has 1 aliphatic carbocycles. The highest BCUT2D eigenvalue weighted by Crippen LogP contribution is 2.47. The van der Waals surface area contributed by atoms with Gasteiger partial charge in [-0.1, -0.05) is 19.8 Å². The summed E-state index contributed by atoms with van der Waals surface area (Å²) in [6.45, 7) is 7.06. The lowest BCUT2D eigenvalue weighted by Gasteiger charge is -2.38. The first-order chi connectivity index (χ1) is 9.29. The molecule has 0 amide bonds. The molecule has 1 spiro atoms. The molecule has 0 atom stereocenters. The van der Waals surface area contributed by atoms with Gasteiger partial charge in [0.25, 0.3) is 0 Å². The lowest BCUT2D eigenvalue weighted by atomic mass is 9.68. The highest BCUT2D eigenvalue weighted by Gasteiger charge is 2.43. The number of likely N-dealkylation sites (tertiary alicyclic amines) is 1. The van der Waals surface area contributed by atoms with Crippen LogP contribution in [0.25, 0.3) is 0 Å². The molecule has 2 rings (SSSR count). The second kappa shape index (κ2) is 7.13. The van der Waals surface area contributed by atoms with Crippen molar-refractivity contribution in [3.8, 4) is 0 Å². The topological polar surface area (TPSA) is 36.9 Å². The maximum atomic E-state index is 5.57. The maximum absolute atomic E-state index is 5.57. The highest BCUT2D eigenvalue weighted by molar-refractivity contribution is 5.80. The molecule has 110 valence electrons. The molecule has 1 saturated heterocycles. The number of unbranched alkanes of at least 4 members (excludes halogenated alkanes) is 1. The van der Waals surface area contributed by atoms with Crippen molar-refractivity contribution in [3.63, 3.8) is 0 Å². The summed E-state index contributed by atoms with van der Waals surface area (Å²) in [5.41, 5.74) is 0.634. The Morgan fingerprint density at radius 3 is 2.74 bits per heavy atom. The van der Waals surface area contributed by atoms with Gasteiger partial charge < -0.3 is 15.0 Å². The van der Waals surface area contributed by atoms with E-state index in [2.05, 4.69) is 22.1 Å². The second-order valence-electron chi connectivity index (χ2n) is 5.97. The molecule has 4 nitrogen and oxygen atoms in total. The van der Waals surface area contributed by atoms with E-state index < -0.39 is 0 Å². The summed E-state index contributed by atoms with van der Waals surface area (Å²) < 4.78 is 5.57. The van der Waals surface area contributed by atoms with Crippen LogP contribution in [-0.4, -0.2) is 50.8 Å². The van der Waals surface area contributed by atoms with Gasteiger partial charge in [0, 0.05) is 33.3 Å². The molecule has 1 aliphatic heterocycles. The van der Waals surface area contributed by atoms with E-state index in [0.717, 1.165) is 38.7 Å². The maximum Gasteiger partial charge on any atom is 0.193 e. The van der Waals surface area contributed by atoms with Crippen LogP contribution in [0.2, 0.25) is 0 Å². The van der Waals surface area contributed by atoms with Crippen molar-refractivity contribution in [1.82, 2.24) is 10.2 Å². The van der Waals surface area contributed by atoms with E-state index >= 15 is 0 Å². The smallest absolute Gasteiger partial charge is 0.193 e. The molecule has 1 N–H and O–H groups in total. The van der Waals surface area contributed by atoms with E-state index in [1.165, 1.54) is 38.6 Å². The SMILES string of the molecule is CCCCOCCNC(=NC)N1CCC2(CCC2)C1. The van der Waals surface area contributed by atoms with Gasteiger partial charge in [0.2, 0.25) is 0 Å². The van der Waals surface area contributed by atoms with Crippen molar-refractivity contribution in [2.45, 2.75) is 45.4 Å². The first-order valence-corrected chi connectivity index (χ1v) is 7.83. The van der Waals surface area contributed by atoms with Gasteiger partial charge in [-0.15, -0.1) is 0 Å². The van der Waals surface area contributed by atoms with Gasteiger partial charge in [-0.2, -0.15) is 0 Å². The average Bonchev–Trinajstić information content (AvgIpc) is 2.83. The lowest BCUT2D eigenvalue weighted by Crippen LogP contribution is -2.43. The predicted octanol–water partition coefficient (Wildman–Crippen LogP) is 2.25. The van der Waals surface area contributed by atoms with E-state index in [0.29, 0.717) is 5.41 Å². The Labute approximate surface area is 117 Å². The summed E-state index contributed by atoms with van der Waals surface area (Å²) >= 11 is 0. The van der Waals surface area contributed by atoms with Crippen molar-refractivity contribution in [2.24, 2.45) is 10.4 Å². The first-order valence-electron chi connectivity index (χ1n) is 7.83. The Hall–Kier alpha value is -0.770. The Kier molecular flexibility index (Phi) is 5.49. The van der Waals surface area contributed by atoms with Gasteiger partial charge in [-0.05, 0) is 31.1 Å². The van der Waals surface area contributed by atoms with Crippen LogP contribution in [0.15, 0.2) is 4.99 Å². The van der Waals surface area contributed by atoms with Crippen LogP contribution in [-0.2, 0) is 4.74 Å². The number of ether oxygens (including phenoxy) is 1. The normalized spacial score (nSPS) is 21.8. The van der Waals surface area contributed by atoms with E-state index in [4.69, 9.17) is 4.74 Å². The zero-order valence-corrected chi connectivity index (χ0v) is 12.6. The fraction of sp³-hybridized carbons (Fsp3) is 0.933. The second-order valence-corrected chi connectivity index (χ2v) is 5.97. The molecule has 0 bridgehead atoms. The summed E-state index contributed by atoms with van der Waals surface area (Å²) in [7, 11) is 1.88. The molecular formula is C15H29N3O. The van der Waals surface area contributed by atoms with Gasteiger partial charge in [0.1, 0.15) is 0 Å². The minimum absolute atomic E-state index is 0.634. The third-order valence-electron chi connectivity index (χ3n) is 4.54. The van der Waals surface area contributed by atoms with Crippen LogP contribution >= 0.6 is 0 Å². The molecular weight excluding hydrogens is 238 g/mol. The number of nitrogens with zero attached hydrogens (tertiary/aromatic N) is 2. The zero-order valence-electron chi connectivity index (χ0n) is 12.6. The number of nitrogens with one attached hydrogen (secondary N) is 1. The van der Waals surface area contributed by atoms with Crippen molar-refractivity contribution < 1.29 is 4.74 Å². The molecule has 0 aromatic rings. The number of hydrogen-bond acceptors (Lipinski definition) is 2. The van der Waals surface area contributed by atoms with Gasteiger partial charge in [0.15, 0.2) is 5.96 Å². The van der Waals surface area contributed by atoms with E-state index in [-0.39, 0.29) is 0 Å². The molecule has 2 fully saturated rings. The monoisotopic (exact) mass is 267 g/mol. The van der Waals surface area contributed by atoms with Crippen LogP contribution in [0, 0.1) is 5.41 Å². The molecule has 0 aromatic heterocycles. The minimum atomic E-state index is 0.634. The Balaban J connectivity index is 1.64. The van der Waals surface area contributed by atoms with E-state index in [1.807, 2.05) is 7.05 Å². The number of guanidine groups is 1. The molecule has 0 aromatic carbocycles. The molecule has 0 radical (unpaired) electrons. The third-order valence-corrected chi connectivity index (χ3v) is 4.54. The van der Waals surface area contributed by atoms with Crippen molar-refractivity contribution in [2.75, 3.05) is 39.9 Å². The minimum Gasteiger partial charge on any atom is -0.380 e.